The van der Waals surface area contributed by atoms with Crippen LogP contribution in [0.15, 0.2) is 24.3 Å². The summed E-state index contributed by atoms with van der Waals surface area (Å²) in [5.41, 5.74) is 1.44. The van der Waals surface area contributed by atoms with Crippen molar-refractivity contribution in [2.45, 2.75) is 39.7 Å². The zero-order chi connectivity index (χ0) is 18.4. The van der Waals surface area contributed by atoms with E-state index in [1.807, 2.05) is 52.0 Å². The van der Waals surface area contributed by atoms with Crippen molar-refractivity contribution >= 4 is 17.7 Å². The van der Waals surface area contributed by atoms with E-state index in [0.29, 0.717) is 26.2 Å². The number of benzene rings is 1. The maximum atomic E-state index is 12.2. The summed E-state index contributed by atoms with van der Waals surface area (Å²) in [4.78, 5) is 28.2. The van der Waals surface area contributed by atoms with Crippen LogP contribution in [0.4, 0.5) is 10.5 Å². The number of anilines is 1. The van der Waals surface area contributed by atoms with Crippen molar-refractivity contribution in [1.29, 1.82) is 0 Å². The Morgan fingerprint density at radius 2 is 1.92 bits per heavy atom. The van der Waals surface area contributed by atoms with Crippen molar-refractivity contribution in [2.75, 3.05) is 38.0 Å². The van der Waals surface area contributed by atoms with Gasteiger partial charge in [-0.05, 0) is 51.8 Å². The summed E-state index contributed by atoms with van der Waals surface area (Å²) in [5, 5.41) is 2.93. The molecule has 1 aromatic carbocycles. The third-order valence-corrected chi connectivity index (χ3v) is 3.91. The molecular weight excluding hydrogens is 318 g/mol. The highest BCUT2D eigenvalue weighted by Crippen LogP contribution is 2.13. The van der Waals surface area contributed by atoms with Crippen LogP contribution in [0.5, 0.6) is 0 Å². The van der Waals surface area contributed by atoms with Crippen LogP contribution < -0.4 is 5.32 Å². The molecule has 1 aliphatic heterocycles. The second kappa shape index (κ2) is 8.34. The third-order valence-electron chi connectivity index (χ3n) is 3.91. The molecule has 1 N–H and O–H groups in total. The SMILES string of the molecule is Cc1cccc(NC(=O)CN2CCCN(C(=O)OC(C)(C)C)CC2)c1. The summed E-state index contributed by atoms with van der Waals surface area (Å²) in [5.74, 6) is -0.0312. The lowest BCUT2D eigenvalue weighted by Gasteiger charge is -2.26. The maximum Gasteiger partial charge on any atom is 0.410 e. The van der Waals surface area contributed by atoms with E-state index < -0.39 is 5.60 Å². The van der Waals surface area contributed by atoms with Crippen LogP contribution in [-0.2, 0) is 9.53 Å². The predicted molar refractivity (Wildman–Crippen MR) is 98.7 cm³/mol. The number of nitrogens with zero attached hydrogens (tertiary/aromatic N) is 2. The molecule has 0 saturated carbocycles. The molecule has 1 saturated heterocycles. The minimum Gasteiger partial charge on any atom is -0.444 e. The minimum atomic E-state index is -0.489. The Hall–Kier alpha value is -2.08. The van der Waals surface area contributed by atoms with Gasteiger partial charge < -0.3 is 15.0 Å². The van der Waals surface area contributed by atoms with Crippen molar-refractivity contribution < 1.29 is 14.3 Å². The molecule has 0 unspecified atom stereocenters. The third kappa shape index (κ3) is 6.74. The predicted octanol–water partition coefficient (Wildman–Crippen LogP) is 2.88. The fourth-order valence-corrected chi connectivity index (χ4v) is 2.76. The van der Waals surface area contributed by atoms with Crippen LogP contribution in [-0.4, -0.2) is 60.1 Å². The van der Waals surface area contributed by atoms with Gasteiger partial charge in [-0.3, -0.25) is 9.69 Å². The van der Waals surface area contributed by atoms with E-state index in [-0.39, 0.29) is 12.0 Å². The number of carbonyl (C=O) groups excluding carboxylic acids is 2. The van der Waals surface area contributed by atoms with E-state index in [4.69, 9.17) is 4.74 Å². The van der Waals surface area contributed by atoms with Crippen molar-refractivity contribution in [1.82, 2.24) is 9.80 Å². The topological polar surface area (TPSA) is 61.9 Å². The van der Waals surface area contributed by atoms with Gasteiger partial charge in [-0.2, -0.15) is 0 Å². The molecule has 6 heteroatoms. The lowest BCUT2D eigenvalue weighted by atomic mass is 10.2. The van der Waals surface area contributed by atoms with Crippen LogP contribution in [0.25, 0.3) is 0 Å². The van der Waals surface area contributed by atoms with E-state index in [1.165, 1.54) is 0 Å². The molecule has 0 aliphatic carbocycles. The molecule has 1 fully saturated rings. The Balaban J connectivity index is 1.82. The summed E-state index contributed by atoms with van der Waals surface area (Å²) in [6.07, 6.45) is 0.551. The standard InChI is InChI=1S/C19H29N3O3/c1-15-7-5-8-16(13-15)20-17(23)14-21-9-6-10-22(12-11-21)18(24)25-19(2,3)4/h5,7-8,13H,6,9-12,14H2,1-4H3,(H,20,23). The number of hydrogen-bond donors (Lipinski definition) is 1. The highest BCUT2D eigenvalue weighted by atomic mass is 16.6. The van der Waals surface area contributed by atoms with Gasteiger partial charge in [0.15, 0.2) is 0 Å². The summed E-state index contributed by atoms with van der Waals surface area (Å²) in [6, 6.07) is 7.76. The minimum absolute atomic E-state index is 0.0312. The number of nitrogens with one attached hydrogen (secondary N) is 1. The van der Waals surface area contributed by atoms with Crippen LogP contribution in [0.2, 0.25) is 0 Å². The fourth-order valence-electron chi connectivity index (χ4n) is 2.76. The fraction of sp³-hybridized carbons (Fsp3) is 0.579. The highest BCUT2D eigenvalue weighted by molar-refractivity contribution is 5.92. The Bertz CT molecular complexity index is 610. The molecule has 2 amide bonds. The molecule has 1 aromatic rings. The lowest BCUT2D eigenvalue weighted by Crippen LogP contribution is -2.40. The first kappa shape index (κ1) is 19.2. The Kier molecular flexibility index (Phi) is 6.42. The quantitative estimate of drug-likeness (QED) is 0.913. The summed E-state index contributed by atoms with van der Waals surface area (Å²) in [6.45, 7) is 10.6. The number of carbonyl (C=O) groups is 2. The van der Waals surface area contributed by atoms with Gasteiger partial charge in [0.05, 0.1) is 6.54 Å². The molecule has 0 spiro atoms. The van der Waals surface area contributed by atoms with Gasteiger partial charge in [0.1, 0.15) is 5.60 Å². The molecule has 25 heavy (non-hydrogen) atoms. The lowest BCUT2D eigenvalue weighted by molar-refractivity contribution is -0.117. The normalized spacial score (nSPS) is 16.2. The zero-order valence-electron chi connectivity index (χ0n) is 15.7. The molecule has 1 heterocycles. The number of rotatable bonds is 3. The van der Waals surface area contributed by atoms with Gasteiger partial charge in [0.2, 0.25) is 5.91 Å². The average Bonchev–Trinajstić information content (AvgIpc) is 2.71. The van der Waals surface area contributed by atoms with Crippen LogP contribution in [0.3, 0.4) is 0 Å². The largest absolute Gasteiger partial charge is 0.444 e. The molecule has 0 aromatic heterocycles. The second-order valence-corrected chi connectivity index (χ2v) is 7.51. The number of aryl methyl sites for hydroxylation is 1. The number of ether oxygens (including phenoxy) is 1. The first-order valence-electron chi connectivity index (χ1n) is 8.80. The molecule has 0 bridgehead atoms. The smallest absolute Gasteiger partial charge is 0.410 e. The van der Waals surface area contributed by atoms with Crippen molar-refractivity contribution in [3.63, 3.8) is 0 Å². The van der Waals surface area contributed by atoms with Crippen LogP contribution >= 0.6 is 0 Å². The maximum absolute atomic E-state index is 12.2. The molecule has 6 nitrogen and oxygen atoms in total. The van der Waals surface area contributed by atoms with Gasteiger partial charge >= 0.3 is 6.09 Å². The van der Waals surface area contributed by atoms with Crippen molar-refractivity contribution in [3.05, 3.63) is 29.8 Å². The summed E-state index contributed by atoms with van der Waals surface area (Å²) in [7, 11) is 0. The van der Waals surface area contributed by atoms with Crippen molar-refractivity contribution in [2.24, 2.45) is 0 Å². The van der Waals surface area contributed by atoms with E-state index in [0.717, 1.165) is 24.2 Å². The Labute approximate surface area is 150 Å². The van der Waals surface area contributed by atoms with Crippen molar-refractivity contribution in [3.8, 4) is 0 Å². The van der Waals surface area contributed by atoms with E-state index >= 15 is 0 Å². The Morgan fingerprint density at radius 1 is 1.16 bits per heavy atom. The monoisotopic (exact) mass is 347 g/mol. The van der Waals surface area contributed by atoms with E-state index in [9.17, 15) is 9.59 Å². The first-order chi connectivity index (χ1) is 11.7. The van der Waals surface area contributed by atoms with Crippen LogP contribution in [0.1, 0.15) is 32.8 Å². The second-order valence-electron chi connectivity index (χ2n) is 7.51. The average molecular weight is 347 g/mol. The van der Waals surface area contributed by atoms with Gasteiger partial charge in [-0.25, -0.2) is 4.79 Å². The zero-order valence-corrected chi connectivity index (χ0v) is 15.7. The van der Waals surface area contributed by atoms with Gasteiger partial charge in [-0.15, -0.1) is 0 Å². The van der Waals surface area contributed by atoms with Gasteiger partial charge in [0.25, 0.3) is 0 Å². The molecule has 1 aliphatic rings. The number of amides is 2. The van der Waals surface area contributed by atoms with Gasteiger partial charge in [-0.1, -0.05) is 12.1 Å². The molecular formula is C19H29N3O3. The van der Waals surface area contributed by atoms with Crippen LogP contribution in [0, 0.1) is 6.92 Å². The molecule has 0 atom stereocenters. The first-order valence-corrected chi connectivity index (χ1v) is 8.80. The highest BCUT2D eigenvalue weighted by Gasteiger charge is 2.25. The van der Waals surface area contributed by atoms with E-state index in [1.54, 1.807) is 4.90 Å². The molecule has 2 rings (SSSR count). The molecule has 0 radical (unpaired) electrons. The summed E-state index contributed by atoms with van der Waals surface area (Å²) >= 11 is 0. The summed E-state index contributed by atoms with van der Waals surface area (Å²) < 4.78 is 5.43. The number of hydrogen-bond acceptors (Lipinski definition) is 4. The van der Waals surface area contributed by atoms with E-state index in [2.05, 4.69) is 10.2 Å². The Morgan fingerprint density at radius 3 is 2.60 bits per heavy atom. The van der Waals surface area contributed by atoms with Gasteiger partial charge in [0, 0.05) is 31.9 Å². The molecule has 138 valence electrons.